The van der Waals surface area contributed by atoms with Gasteiger partial charge in [0.2, 0.25) is 0 Å². The van der Waals surface area contributed by atoms with E-state index in [1.54, 1.807) is 18.5 Å². The molecule has 1 aliphatic carbocycles. The fraction of sp³-hybridized carbons (Fsp3) is 0.625. The minimum atomic E-state index is -1.04. The summed E-state index contributed by atoms with van der Waals surface area (Å²) in [5, 5.41) is 14.7. The van der Waals surface area contributed by atoms with Gasteiger partial charge in [0.1, 0.15) is 0 Å². The molecule has 1 atom stereocenters. The van der Waals surface area contributed by atoms with Gasteiger partial charge in [-0.05, 0) is 24.4 Å². The molecule has 21 heavy (non-hydrogen) atoms. The third-order valence-electron chi connectivity index (χ3n) is 4.38. The monoisotopic (exact) mass is 291 g/mol. The van der Waals surface area contributed by atoms with Crippen molar-refractivity contribution in [2.75, 3.05) is 11.9 Å². The summed E-state index contributed by atoms with van der Waals surface area (Å²) in [4.78, 5) is 14.8. The van der Waals surface area contributed by atoms with Gasteiger partial charge in [-0.2, -0.15) is 0 Å². The van der Waals surface area contributed by atoms with Gasteiger partial charge < -0.3 is 10.4 Å². The smallest absolute Gasteiger partial charge is 0.409 e. The molecule has 5 heteroatoms. The lowest BCUT2D eigenvalue weighted by Crippen LogP contribution is -2.27. The van der Waals surface area contributed by atoms with Gasteiger partial charge in [0.05, 0.1) is 5.69 Å². The predicted molar refractivity (Wildman–Crippen MR) is 83.3 cm³/mol. The lowest BCUT2D eigenvalue weighted by atomic mass is 9.81. The molecular formula is C16H25N3O2. The van der Waals surface area contributed by atoms with Crippen LogP contribution < -0.4 is 10.6 Å². The first kappa shape index (κ1) is 15.8. The minimum Gasteiger partial charge on any atom is -0.465 e. The van der Waals surface area contributed by atoms with E-state index in [0.29, 0.717) is 18.2 Å². The average molecular weight is 291 g/mol. The Labute approximate surface area is 126 Å². The van der Waals surface area contributed by atoms with Gasteiger partial charge in [0.15, 0.2) is 0 Å². The molecule has 1 saturated carbocycles. The van der Waals surface area contributed by atoms with Crippen molar-refractivity contribution in [1.29, 1.82) is 0 Å². The van der Waals surface area contributed by atoms with Gasteiger partial charge in [0.25, 0.3) is 0 Å². The van der Waals surface area contributed by atoms with Crippen molar-refractivity contribution in [2.24, 2.45) is 11.8 Å². The fourth-order valence-corrected chi connectivity index (χ4v) is 3.11. The van der Waals surface area contributed by atoms with Crippen molar-refractivity contribution < 1.29 is 9.90 Å². The maximum Gasteiger partial charge on any atom is 0.409 e. The Balaban J connectivity index is 1.81. The van der Waals surface area contributed by atoms with E-state index in [9.17, 15) is 4.79 Å². The highest BCUT2D eigenvalue weighted by Gasteiger charge is 2.19. The summed E-state index contributed by atoms with van der Waals surface area (Å²) in [7, 11) is 0. The summed E-state index contributed by atoms with van der Waals surface area (Å²) in [6.45, 7) is 3.91. The maximum absolute atomic E-state index is 10.8. The second-order valence-corrected chi connectivity index (χ2v) is 5.97. The molecule has 1 fully saturated rings. The zero-order chi connectivity index (χ0) is 15.1. The van der Waals surface area contributed by atoms with Crippen LogP contribution in [0, 0.1) is 11.8 Å². The van der Waals surface area contributed by atoms with Crippen molar-refractivity contribution in [3.8, 4) is 0 Å². The van der Waals surface area contributed by atoms with E-state index in [-0.39, 0.29) is 0 Å². The highest BCUT2D eigenvalue weighted by molar-refractivity contribution is 5.83. The van der Waals surface area contributed by atoms with Gasteiger partial charge in [0, 0.05) is 24.5 Å². The molecule has 0 bridgehead atoms. The van der Waals surface area contributed by atoms with E-state index in [2.05, 4.69) is 22.5 Å². The van der Waals surface area contributed by atoms with Crippen LogP contribution in [0.1, 0.15) is 44.6 Å². The number of nitrogens with zero attached hydrogens (tertiary/aromatic N) is 1. The largest absolute Gasteiger partial charge is 0.465 e. The van der Waals surface area contributed by atoms with Gasteiger partial charge >= 0.3 is 6.09 Å². The third kappa shape index (κ3) is 5.01. The first-order valence-corrected chi connectivity index (χ1v) is 7.80. The number of hydrogen-bond acceptors (Lipinski definition) is 3. The molecule has 1 aliphatic rings. The maximum atomic E-state index is 10.8. The van der Waals surface area contributed by atoms with E-state index in [0.717, 1.165) is 18.0 Å². The second-order valence-electron chi connectivity index (χ2n) is 5.97. The minimum absolute atomic E-state index is 0.607. The molecule has 5 nitrogen and oxygen atoms in total. The molecule has 1 aromatic heterocycles. The first-order valence-electron chi connectivity index (χ1n) is 7.80. The van der Waals surface area contributed by atoms with Gasteiger partial charge in [-0.25, -0.2) is 4.79 Å². The Bertz CT molecular complexity index is 459. The van der Waals surface area contributed by atoms with Crippen LogP contribution in [0.5, 0.6) is 0 Å². The summed E-state index contributed by atoms with van der Waals surface area (Å²) in [6, 6.07) is 1.69. The van der Waals surface area contributed by atoms with Gasteiger partial charge in [-0.3, -0.25) is 10.3 Å². The molecule has 1 amide bonds. The van der Waals surface area contributed by atoms with Crippen molar-refractivity contribution in [2.45, 2.75) is 45.6 Å². The highest BCUT2D eigenvalue weighted by atomic mass is 16.4. The van der Waals surface area contributed by atoms with Crippen LogP contribution in [0.4, 0.5) is 10.5 Å². The highest BCUT2D eigenvalue weighted by Crippen LogP contribution is 2.29. The summed E-state index contributed by atoms with van der Waals surface area (Å²) in [6.07, 6.45) is 9.08. The van der Waals surface area contributed by atoms with Crippen molar-refractivity contribution in [3.63, 3.8) is 0 Å². The Morgan fingerprint density at radius 2 is 2.19 bits per heavy atom. The van der Waals surface area contributed by atoms with Gasteiger partial charge in [-0.15, -0.1) is 0 Å². The molecule has 1 heterocycles. The number of rotatable bonds is 6. The van der Waals surface area contributed by atoms with Crippen LogP contribution in [0.2, 0.25) is 0 Å². The molecular weight excluding hydrogens is 266 g/mol. The standard InChI is InChI=1S/C16H25N3O2/c1-12(13-5-3-2-4-6-13)9-18-11-14-10-17-8-7-15(14)19-16(20)21/h7-8,10,12-13,18H,2-6,9,11H2,1H3,(H,17,19)(H,20,21). The van der Waals surface area contributed by atoms with Crippen LogP contribution >= 0.6 is 0 Å². The van der Waals surface area contributed by atoms with Crippen LogP contribution in [-0.4, -0.2) is 22.7 Å². The molecule has 116 valence electrons. The average Bonchev–Trinajstić information content (AvgIpc) is 2.49. The van der Waals surface area contributed by atoms with E-state index < -0.39 is 6.09 Å². The number of carboxylic acid groups (broad SMARTS) is 1. The first-order chi connectivity index (χ1) is 10.2. The number of carbonyl (C=O) groups is 1. The SMILES string of the molecule is CC(CNCc1cnccc1NC(=O)O)C1CCCCC1. The van der Waals surface area contributed by atoms with E-state index >= 15 is 0 Å². The quantitative estimate of drug-likeness (QED) is 0.750. The van der Waals surface area contributed by atoms with Crippen molar-refractivity contribution in [3.05, 3.63) is 24.0 Å². The number of aromatic nitrogens is 1. The summed E-state index contributed by atoms with van der Waals surface area (Å²) >= 11 is 0. The summed E-state index contributed by atoms with van der Waals surface area (Å²) in [5.74, 6) is 1.50. The molecule has 2 rings (SSSR count). The van der Waals surface area contributed by atoms with E-state index in [4.69, 9.17) is 5.11 Å². The zero-order valence-electron chi connectivity index (χ0n) is 12.6. The molecule has 1 unspecified atom stereocenters. The van der Waals surface area contributed by atoms with Crippen molar-refractivity contribution >= 4 is 11.8 Å². The zero-order valence-corrected chi connectivity index (χ0v) is 12.6. The lowest BCUT2D eigenvalue weighted by Gasteiger charge is -2.27. The molecule has 0 aromatic carbocycles. The Kier molecular flexibility index (Phi) is 5.99. The molecule has 0 spiro atoms. The second kappa shape index (κ2) is 7.98. The van der Waals surface area contributed by atoms with Gasteiger partial charge in [-0.1, -0.05) is 39.0 Å². The third-order valence-corrected chi connectivity index (χ3v) is 4.38. The predicted octanol–water partition coefficient (Wildman–Crippen LogP) is 3.48. The topological polar surface area (TPSA) is 74.2 Å². The van der Waals surface area contributed by atoms with Crippen LogP contribution in [0.15, 0.2) is 18.5 Å². The number of nitrogens with one attached hydrogen (secondary N) is 2. The molecule has 1 aromatic rings. The molecule has 3 N–H and O–H groups in total. The van der Waals surface area contributed by atoms with Crippen LogP contribution in [-0.2, 0) is 6.54 Å². The van der Waals surface area contributed by atoms with Crippen molar-refractivity contribution in [1.82, 2.24) is 10.3 Å². The fourth-order valence-electron chi connectivity index (χ4n) is 3.11. The number of anilines is 1. The normalized spacial score (nSPS) is 17.4. The van der Waals surface area contributed by atoms with Crippen LogP contribution in [0.25, 0.3) is 0 Å². The Morgan fingerprint density at radius 3 is 2.90 bits per heavy atom. The molecule has 0 saturated heterocycles. The number of amides is 1. The Morgan fingerprint density at radius 1 is 1.43 bits per heavy atom. The lowest BCUT2D eigenvalue weighted by molar-refractivity contribution is 0.209. The summed E-state index contributed by atoms with van der Waals surface area (Å²) in [5.41, 5.74) is 1.49. The Hall–Kier alpha value is -1.62. The molecule has 0 aliphatic heterocycles. The van der Waals surface area contributed by atoms with Crippen LogP contribution in [0.3, 0.4) is 0 Å². The number of pyridine rings is 1. The summed E-state index contributed by atoms with van der Waals surface area (Å²) < 4.78 is 0. The molecule has 0 radical (unpaired) electrons. The van der Waals surface area contributed by atoms with E-state index in [1.165, 1.54) is 32.1 Å². The van der Waals surface area contributed by atoms with E-state index in [1.807, 2.05) is 0 Å². The number of hydrogen-bond donors (Lipinski definition) is 3.